The summed E-state index contributed by atoms with van der Waals surface area (Å²) >= 11 is 0. The molecule has 0 unspecified atom stereocenters. The minimum absolute atomic E-state index is 0.0823. The molecule has 114 valence electrons. The second kappa shape index (κ2) is 7.22. The van der Waals surface area contributed by atoms with E-state index in [1.54, 1.807) is 0 Å². The fraction of sp³-hybridized carbons (Fsp3) is 0.385. The minimum Gasteiger partial charge on any atom is -0.478 e. The number of carbonyl (C=O) groups excluding carboxylic acids is 1. The first-order valence-corrected chi connectivity index (χ1v) is 6.39. The number of amides is 1. The predicted octanol–water partition coefficient (Wildman–Crippen LogP) is 1.54. The molecule has 0 bridgehead atoms. The molecule has 0 aliphatic carbocycles. The number of nitro benzene ring substituents is 1. The molecule has 0 heterocycles. The summed E-state index contributed by atoms with van der Waals surface area (Å²) in [6, 6.07) is 2.28. The van der Waals surface area contributed by atoms with E-state index in [1.165, 1.54) is 13.0 Å². The van der Waals surface area contributed by atoms with Crippen molar-refractivity contribution < 1.29 is 19.6 Å². The molecule has 1 aromatic rings. The fourth-order valence-electron chi connectivity index (χ4n) is 1.70. The van der Waals surface area contributed by atoms with Crippen molar-refractivity contribution >= 4 is 23.3 Å². The number of carbonyl (C=O) groups is 2. The van der Waals surface area contributed by atoms with Crippen LogP contribution in [0, 0.1) is 17.0 Å². The van der Waals surface area contributed by atoms with Gasteiger partial charge in [0.25, 0.3) is 5.69 Å². The van der Waals surface area contributed by atoms with Gasteiger partial charge in [0.05, 0.1) is 17.0 Å². The molecule has 21 heavy (non-hydrogen) atoms. The highest BCUT2D eigenvalue weighted by atomic mass is 16.6. The van der Waals surface area contributed by atoms with Gasteiger partial charge in [0.2, 0.25) is 5.91 Å². The van der Waals surface area contributed by atoms with E-state index in [0.717, 1.165) is 12.5 Å². The number of anilines is 1. The van der Waals surface area contributed by atoms with Crippen molar-refractivity contribution in [2.24, 2.45) is 0 Å². The fourth-order valence-corrected chi connectivity index (χ4v) is 1.70. The molecule has 0 radical (unpaired) electrons. The van der Waals surface area contributed by atoms with E-state index < -0.39 is 10.9 Å². The molecule has 1 aromatic carbocycles. The Morgan fingerprint density at radius 1 is 1.38 bits per heavy atom. The van der Waals surface area contributed by atoms with Crippen molar-refractivity contribution in [3.63, 3.8) is 0 Å². The number of benzene rings is 1. The lowest BCUT2D eigenvalue weighted by molar-refractivity contribution is -0.385. The van der Waals surface area contributed by atoms with Gasteiger partial charge in [0.1, 0.15) is 0 Å². The van der Waals surface area contributed by atoms with Crippen molar-refractivity contribution in [1.29, 1.82) is 0 Å². The van der Waals surface area contributed by atoms with Crippen LogP contribution in [0.15, 0.2) is 12.1 Å². The van der Waals surface area contributed by atoms with Crippen LogP contribution < -0.4 is 10.6 Å². The van der Waals surface area contributed by atoms with E-state index in [1.807, 2.05) is 6.92 Å². The third-order valence-electron chi connectivity index (χ3n) is 2.84. The standard InChI is InChI=1S/C13H17N3O5/c1-3-4-14-12(17)7-15-10-5-9(13(18)19)6-11(8(10)2)16(20)21/h5-6,15H,3-4,7H2,1-2H3,(H,14,17)(H,18,19). The lowest BCUT2D eigenvalue weighted by atomic mass is 10.1. The van der Waals surface area contributed by atoms with Crippen molar-refractivity contribution in [2.75, 3.05) is 18.4 Å². The summed E-state index contributed by atoms with van der Waals surface area (Å²) in [7, 11) is 0. The SMILES string of the molecule is CCCNC(=O)CNc1cc(C(=O)O)cc([N+](=O)[O-])c1C. The van der Waals surface area contributed by atoms with Gasteiger partial charge < -0.3 is 15.7 Å². The Balaban J connectivity index is 2.97. The molecule has 0 atom stereocenters. The number of aromatic carboxylic acids is 1. The van der Waals surface area contributed by atoms with Crippen LogP contribution in [0.5, 0.6) is 0 Å². The number of hydrogen-bond donors (Lipinski definition) is 3. The molecule has 0 aliphatic heterocycles. The van der Waals surface area contributed by atoms with Gasteiger partial charge >= 0.3 is 5.97 Å². The maximum atomic E-state index is 11.5. The lowest BCUT2D eigenvalue weighted by Crippen LogP contribution is -2.30. The van der Waals surface area contributed by atoms with Gasteiger partial charge in [-0.05, 0) is 19.4 Å². The predicted molar refractivity (Wildman–Crippen MR) is 76.6 cm³/mol. The summed E-state index contributed by atoms with van der Waals surface area (Å²) in [6.45, 7) is 3.86. The summed E-state index contributed by atoms with van der Waals surface area (Å²) in [6.07, 6.45) is 0.796. The van der Waals surface area contributed by atoms with Crippen LogP contribution in [0.1, 0.15) is 29.3 Å². The van der Waals surface area contributed by atoms with Crippen LogP contribution in [0.2, 0.25) is 0 Å². The van der Waals surface area contributed by atoms with Crippen molar-refractivity contribution in [3.8, 4) is 0 Å². The third-order valence-corrected chi connectivity index (χ3v) is 2.84. The zero-order valence-corrected chi connectivity index (χ0v) is 11.8. The van der Waals surface area contributed by atoms with Gasteiger partial charge in [-0.3, -0.25) is 14.9 Å². The number of nitro groups is 1. The number of hydrogen-bond acceptors (Lipinski definition) is 5. The Labute approximate surface area is 121 Å². The highest BCUT2D eigenvalue weighted by molar-refractivity contribution is 5.91. The van der Waals surface area contributed by atoms with Gasteiger partial charge in [-0.2, -0.15) is 0 Å². The summed E-state index contributed by atoms with van der Waals surface area (Å²) < 4.78 is 0. The molecule has 0 spiro atoms. The molecule has 1 amide bonds. The second-order valence-electron chi connectivity index (χ2n) is 4.43. The largest absolute Gasteiger partial charge is 0.478 e. The van der Waals surface area contributed by atoms with E-state index in [2.05, 4.69) is 10.6 Å². The molecule has 0 aliphatic rings. The lowest BCUT2D eigenvalue weighted by Gasteiger charge is -2.11. The first kappa shape index (κ1) is 16.4. The van der Waals surface area contributed by atoms with E-state index >= 15 is 0 Å². The van der Waals surface area contributed by atoms with Gasteiger partial charge in [-0.15, -0.1) is 0 Å². The maximum absolute atomic E-state index is 11.5. The minimum atomic E-state index is -1.27. The highest BCUT2D eigenvalue weighted by Gasteiger charge is 2.19. The van der Waals surface area contributed by atoms with Crippen molar-refractivity contribution in [3.05, 3.63) is 33.4 Å². The molecule has 0 saturated carbocycles. The van der Waals surface area contributed by atoms with E-state index in [4.69, 9.17) is 5.11 Å². The van der Waals surface area contributed by atoms with Crippen LogP contribution in [0.4, 0.5) is 11.4 Å². The van der Waals surface area contributed by atoms with E-state index in [0.29, 0.717) is 6.54 Å². The Morgan fingerprint density at radius 2 is 2.05 bits per heavy atom. The topological polar surface area (TPSA) is 122 Å². The zero-order chi connectivity index (χ0) is 16.0. The Morgan fingerprint density at radius 3 is 2.57 bits per heavy atom. The van der Waals surface area contributed by atoms with Gasteiger partial charge in [0.15, 0.2) is 0 Å². The second-order valence-corrected chi connectivity index (χ2v) is 4.43. The van der Waals surface area contributed by atoms with Crippen LogP contribution in [-0.4, -0.2) is 35.0 Å². The first-order valence-electron chi connectivity index (χ1n) is 6.39. The Hall–Kier alpha value is -2.64. The van der Waals surface area contributed by atoms with Gasteiger partial charge in [-0.25, -0.2) is 4.79 Å². The zero-order valence-electron chi connectivity index (χ0n) is 11.8. The summed E-state index contributed by atoms with van der Waals surface area (Å²) in [5, 5.41) is 25.3. The Bertz CT molecular complexity index is 571. The average molecular weight is 295 g/mol. The maximum Gasteiger partial charge on any atom is 0.336 e. The van der Waals surface area contributed by atoms with Crippen LogP contribution in [-0.2, 0) is 4.79 Å². The number of rotatable bonds is 7. The van der Waals surface area contributed by atoms with Crippen molar-refractivity contribution in [1.82, 2.24) is 5.32 Å². The molecule has 0 aromatic heterocycles. The third kappa shape index (κ3) is 4.44. The van der Waals surface area contributed by atoms with E-state index in [-0.39, 0.29) is 35.0 Å². The number of carboxylic acid groups (broad SMARTS) is 1. The summed E-state index contributed by atoms with van der Waals surface area (Å²) in [4.78, 5) is 32.8. The molecule has 1 rings (SSSR count). The van der Waals surface area contributed by atoms with Crippen molar-refractivity contribution in [2.45, 2.75) is 20.3 Å². The van der Waals surface area contributed by atoms with Gasteiger partial charge in [0, 0.05) is 23.9 Å². The van der Waals surface area contributed by atoms with Crippen LogP contribution in [0.25, 0.3) is 0 Å². The van der Waals surface area contributed by atoms with E-state index in [9.17, 15) is 19.7 Å². The molecule has 8 heteroatoms. The van der Waals surface area contributed by atoms with Gasteiger partial charge in [-0.1, -0.05) is 6.92 Å². The monoisotopic (exact) mass is 295 g/mol. The molecular formula is C13H17N3O5. The molecule has 3 N–H and O–H groups in total. The average Bonchev–Trinajstić information content (AvgIpc) is 2.43. The first-order chi connectivity index (χ1) is 9.86. The normalized spacial score (nSPS) is 10.0. The summed E-state index contributed by atoms with van der Waals surface area (Å²) in [5.74, 6) is -1.53. The smallest absolute Gasteiger partial charge is 0.336 e. The number of nitrogens with one attached hydrogen (secondary N) is 2. The molecule has 8 nitrogen and oxygen atoms in total. The number of nitrogens with zero attached hydrogens (tertiary/aromatic N) is 1. The van der Waals surface area contributed by atoms with Crippen LogP contribution >= 0.6 is 0 Å². The summed E-state index contributed by atoms with van der Waals surface area (Å²) in [5.41, 5.74) is 0.0386. The molecular weight excluding hydrogens is 278 g/mol. The molecule has 0 saturated heterocycles. The highest BCUT2D eigenvalue weighted by Crippen LogP contribution is 2.27. The number of carboxylic acids is 1. The quantitative estimate of drug-likeness (QED) is 0.518. The molecule has 0 fully saturated rings. The Kier molecular flexibility index (Phi) is 5.65. The van der Waals surface area contributed by atoms with Crippen LogP contribution in [0.3, 0.4) is 0 Å².